The highest BCUT2D eigenvalue weighted by molar-refractivity contribution is 9.10. The molecule has 30 heavy (non-hydrogen) atoms. The third kappa shape index (κ3) is 5.77. The fraction of sp³-hybridized carbons (Fsp3) is 0.286. The van der Waals surface area contributed by atoms with Gasteiger partial charge in [0.05, 0.1) is 17.3 Å². The van der Waals surface area contributed by atoms with E-state index in [1.807, 2.05) is 31.2 Å². The third-order valence-electron chi connectivity index (χ3n) is 4.10. The quantitative estimate of drug-likeness (QED) is 0.286. The van der Waals surface area contributed by atoms with E-state index in [0.717, 1.165) is 35.5 Å². The molecule has 0 aliphatic heterocycles. The van der Waals surface area contributed by atoms with Crippen molar-refractivity contribution in [2.24, 2.45) is 5.10 Å². The van der Waals surface area contributed by atoms with Crippen LogP contribution in [-0.2, 0) is 12.2 Å². The molecular formula is C21H22BrClN4O2S. The zero-order chi connectivity index (χ0) is 21.5. The van der Waals surface area contributed by atoms with Crippen LogP contribution >= 0.6 is 39.3 Å². The van der Waals surface area contributed by atoms with Crippen LogP contribution in [0.1, 0.15) is 37.2 Å². The van der Waals surface area contributed by atoms with Gasteiger partial charge in [-0.2, -0.15) is 9.78 Å². The van der Waals surface area contributed by atoms with E-state index in [4.69, 9.17) is 16.3 Å². The van der Waals surface area contributed by atoms with Crippen LogP contribution in [0, 0.1) is 0 Å². The Morgan fingerprint density at radius 2 is 2.00 bits per heavy atom. The van der Waals surface area contributed by atoms with E-state index in [2.05, 4.69) is 38.2 Å². The van der Waals surface area contributed by atoms with Gasteiger partial charge in [0.25, 0.3) is 0 Å². The van der Waals surface area contributed by atoms with Gasteiger partial charge < -0.3 is 9.84 Å². The molecule has 0 fully saturated rings. The second-order valence-corrected chi connectivity index (χ2v) is 8.64. The predicted octanol–water partition coefficient (Wildman–Crippen LogP) is 5.93. The van der Waals surface area contributed by atoms with Gasteiger partial charge in [0.1, 0.15) is 0 Å². The molecule has 1 heterocycles. The zero-order valence-electron chi connectivity index (χ0n) is 16.7. The van der Waals surface area contributed by atoms with Gasteiger partial charge in [-0.3, -0.25) is 0 Å². The highest BCUT2D eigenvalue weighted by Gasteiger charge is 2.13. The monoisotopic (exact) mass is 508 g/mol. The summed E-state index contributed by atoms with van der Waals surface area (Å²) in [5.74, 6) is 2.01. The van der Waals surface area contributed by atoms with E-state index < -0.39 is 0 Å². The predicted molar refractivity (Wildman–Crippen MR) is 125 cm³/mol. The van der Waals surface area contributed by atoms with Gasteiger partial charge in [0.2, 0.25) is 5.16 Å². The largest absolute Gasteiger partial charge is 0.503 e. The van der Waals surface area contributed by atoms with Crippen LogP contribution in [0.5, 0.6) is 11.5 Å². The second kappa shape index (κ2) is 10.8. The summed E-state index contributed by atoms with van der Waals surface area (Å²) in [5.41, 5.74) is 1.93. The Kier molecular flexibility index (Phi) is 8.18. The Hall–Kier alpha value is -2.03. The molecule has 158 valence electrons. The molecule has 0 saturated carbocycles. The molecular weight excluding hydrogens is 488 g/mol. The number of nitrogens with zero attached hydrogens (tertiary/aromatic N) is 4. The lowest BCUT2D eigenvalue weighted by molar-refractivity contribution is 0.317. The number of aromatic hydroxyl groups is 1. The van der Waals surface area contributed by atoms with Crippen LogP contribution in [0.4, 0.5) is 0 Å². The van der Waals surface area contributed by atoms with Crippen LogP contribution in [0.25, 0.3) is 0 Å². The van der Waals surface area contributed by atoms with Crippen molar-refractivity contribution in [2.45, 2.75) is 37.6 Å². The van der Waals surface area contributed by atoms with Gasteiger partial charge in [0, 0.05) is 17.2 Å². The molecule has 0 unspecified atom stereocenters. The lowest BCUT2D eigenvalue weighted by atomic mass is 10.2. The number of halogens is 2. The summed E-state index contributed by atoms with van der Waals surface area (Å²) in [6.07, 6.45) is 3.42. The summed E-state index contributed by atoms with van der Waals surface area (Å²) in [7, 11) is 0. The first kappa shape index (κ1) is 22.7. The van der Waals surface area contributed by atoms with E-state index in [1.54, 1.807) is 34.8 Å². The van der Waals surface area contributed by atoms with Gasteiger partial charge >= 0.3 is 0 Å². The van der Waals surface area contributed by atoms with Crippen molar-refractivity contribution >= 4 is 45.5 Å². The number of aryl methyl sites for hydroxylation is 1. The third-order valence-corrected chi connectivity index (χ3v) is 5.95. The van der Waals surface area contributed by atoms with E-state index in [9.17, 15) is 5.11 Å². The maximum absolute atomic E-state index is 10.1. The van der Waals surface area contributed by atoms with E-state index in [1.165, 1.54) is 0 Å². The lowest BCUT2D eigenvalue weighted by Crippen LogP contribution is -2.01. The van der Waals surface area contributed by atoms with Crippen LogP contribution in [0.3, 0.4) is 0 Å². The first-order valence-electron chi connectivity index (χ1n) is 9.53. The number of phenols is 1. The van der Waals surface area contributed by atoms with E-state index in [0.29, 0.717) is 27.0 Å². The Morgan fingerprint density at radius 3 is 2.70 bits per heavy atom. The summed E-state index contributed by atoms with van der Waals surface area (Å²) >= 11 is 10.9. The molecule has 0 aliphatic carbocycles. The maximum atomic E-state index is 10.1. The molecule has 1 N–H and O–H groups in total. The van der Waals surface area contributed by atoms with Crippen LogP contribution in [0.2, 0.25) is 5.02 Å². The number of aromatic nitrogens is 3. The molecule has 0 saturated heterocycles. The second-order valence-electron chi connectivity index (χ2n) is 6.40. The van der Waals surface area contributed by atoms with Gasteiger partial charge in [-0.1, -0.05) is 42.4 Å². The number of hydrogen-bond acceptors (Lipinski definition) is 6. The van der Waals surface area contributed by atoms with E-state index in [-0.39, 0.29) is 5.75 Å². The molecule has 0 aliphatic rings. The minimum Gasteiger partial charge on any atom is -0.503 e. The summed E-state index contributed by atoms with van der Waals surface area (Å²) < 4.78 is 7.81. The highest BCUT2D eigenvalue weighted by atomic mass is 79.9. The molecule has 0 radical (unpaired) electrons. The fourth-order valence-electron chi connectivity index (χ4n) is 2.67. The fourth-order valence-corrected chi connectivity index (χ4v) is 4.12. The number of benzene rings is 2. The molecule has 0 amide bonds. The van der Waals surface area contributed by atoms with Crippen LogP contribution in [-0.4, -0.2) is 32.8 Å². The van der Waals surface area contributed by atoms with Crippen molar-refractivity contribution in [2.75, 3.05) is 6.61 Å². The number of phenolic OH excluding ortho intramolecular Hbond substituents is 1. The van der Waals surface area contributed by atoms with Crippen molar-refractivity contribution in [3.8, 4) is 11.5 Å². The van der Waals surface area contributed by atoms with E-state index >= 15 is 0 Å². The SMILES string of the molecule is CCCc1nnc(SCc2ccc(Cl)cc2)n1/N=C/c1cc(Br)c(O)c(OCC)c1. The summed E-state index contributed by atoms with van der Waals surface area (Å²) in [6, 6.07) is 11.3. The van der Waals surface area contributed by atoms with Gasteiger partial charge in [-0.25, -0.2) is 0 Å². The van der Waals surface area contributed by atoms with Crippen molar-refractivity contribution in [3.63, 3.8) is 0 Å². The smallest absolute Gasteiger partial charge is 0.212 e. The number of thioether (sulfide) groups is 1. The number of ether oxygens (including phenoxy) is 1. The van der Waals surface area contributed by atoms with Crippen molar-refractivity contribution in [1.29, 1.82) is 0 Å². The number of rotatable bonds is 9. The minimum atomic E-state index is 0.0733. The van der Waals surface area contributed by atoms with Crippen molar-refractivity contribution in [3.05, 3.63) is 62.8 Å². The standard InChI is InChI=1S/C21H22BrClN4O2S/c1-3-5-19-25-26-21(30-13-14-6-8-16(23)9-7-14)27(19)24-12-15-10-17(22)20(28)18(11-15)29-4-2/h6-12,28H,3-5,13H2,1-2H3/b24-12+. The molecule has 3 aromatic rings. The Balaban J connectivity index is 1.85. The molecule has 3 rings (SSSR count). The normalized spacial score (nSPS) is 11.3. The maximum Gasteiger partial charge on any atom is 0.212 e. The molecule has 0 bridgehead atoms. The topological polar surface area (TPSA) is 72.5 Å². The summed E-state index contributed by atoms with van der Waals surface area (Å²) in [5, 5.41) is 24.8. The Morgan fingerprint density at radius 1 is 1.23 bits per heavy atom. The average Bonchev–Trinajstić information content (AvgIpc) is 3.11. The lowest BCUT2D eigenvalue weighted by Gasteiger charge is -2.08. The van der Waals surface area contributed by atoms with Gasteiger partial charge in [-0.15, -0.1) is 10.2 Å². The first-order valence-corrected chi connectivity index (χ1v) is 11.7. The first-order chi connectivity index (χ1) is 14.5. The molecule has 9 heteroatoms. The molecule has 0 spiro atoms. The molecule has 1 aromatic heterocycles. The summed E-state index contributed by atoms with van der Waals surface area (Å²) in [4.78, 5) is 0. The Bertz CT molecular complexity index is 1020. The highest BCUT2D eigenvalue weighted by Crippen LogP contribution is 2.35. The van der Waals surface area contributed by atoms with Gasteiger partial charge in [0.15, 0.2) is 17.3 Å². The number of hydrogen-bond donors (Lipinski definition) is 1. The minimum absolute atomic E-state index is 0.0733. The van der Waals surface area contributed by atoms with Crippen molar-refractivity contribution in [1.82, 2.24) is 14.9 Å². The van der Waals surface area contributed by atoms with Crippen LogP contribution < -0.4 is 4.74 Å². The molecule has 2 aromatic carbocycles. The molecule has 6 nitrogen and oxygen atoms in total. The molecule has 0 atom stereocenters. The average molecular weight is 510 g/mol. The summed E-state index contributed by atoms with van der Waals surface area (Å²) in [6.45, 7) is 4.42. The van der Waals surface area contributed by atoms with Crippen molar-refractivity contribution < 1.29 is 9.84 Å². The zero-order valence-corrected chi connectivity index (χ0v) is 19.8. The Labute approximate surface area is 193 Å². The van der Waals surface area contributed by atoms with Gasteiger partial charge in [-0.05, 0) is 64.7 Å². The van der Waals surface area contributed by atoms with Crippen LogP contribution in [0.15, 0.2) is 51.1 Å².